The van der Waals surface area contributed by atoms with Gasteiger partial charge in [-0.05, 0) is 61.9 Å². The third-order valence-electron chi connectivity index (χ3n) is 3.90. The number of hydrogen-bond acceptors (Lipinski definition) is 5. The maximum atomic E-state index is 12.3. The lowest BCUT2D eigenvalue weighted by molar-refractivity contribution is 0.101. The molecule has 136 valence electrons. The lowest BCUT2D eigenvalue weighted by atomic mass is 10.1. The van der Waals surface area contributed by atoms with E-state index in [2.05, 4.69) is 20.6 Å². The fourth-order valence-corrected chi connectivity index (χ4v) is 2.62. The molecule has 1 amide bonds. The van der Waals surface area contributed by atoms with Gasteiger partial charge in [-0.25, -0.2) is 9.97 Å². The summed E-state index contributed by atoms with van der Waals surface area (Å²) in [5.74, 6) is 0.0478. The zero-order valence-corrected chi connectivity index (χ0v) is 15.5. The van der Waals surface area contributed by atoms with Crippen molar-refractivity contribution in [2.45, 2.75) is 13.8 Å². The Morgan fingerprint density at radius 1 is 0.963 bits per heavy atom. The number of nitrogens with zero attached hydrogens (tertiary/aromatic N) is 2. The second-order valence-electron chi connectivity index (χ2n) is 5.97. The topological polar surface area (TPSA) is 84.0 Å². The van der Waals surface area contributed by atoms with Crippen LogP contribution in [0.5, 0.6) is 0 Å². The third kappa shape index (κ3) is 4.68. The van der Waals surface area contributed by atoms with Crippen molar-refractivity contribution in [2.75, 3.05) is 10.6 Å². The largest absolute Gasteiger partial charge is 0.324 e. The number of rotatable bonds is 5. The van der Waals surface area contributed by atoms with Crippen LogP contribution >= 0.6 is 11.6 Å². The highest BCUT2D eigenvalue weighted by Crippen LogP contribution is 2.20. The first kappa shape index (κ1) is 18.5. The van der Waals surface area contributed by atoms with Crippen LogP contribution in [0.3, 0.4) is 0 Å². The first-order valence-electron chi connectivity index (χ1n) is 8.20. The molecule has 0 aliphatic heterocycles. The predicted octanol–water partition coefficient (Wildman–Crippen LogP) is 4.64. The van der Waals surface area contributed by atoms with E-state index in [4.69, 9.17) is 11.6 Å². The van der Waals surface area contributed by atoms with Gasteiger partial charge in [0.05, 0.1) is 5.56 Å². The molecule has 0 unspecified atom stereocenters. The Morgan fingerprint density at radius 2 is 1.63 bits per heavy atom. The molecule has 27 heavy (non-hydrogen) atoms. The van der Waals surface area contributed by atoms with Crippen LogP contribution in [0.25, 0.3) is 0 Å². The standard InChI is InChI=1S/C20H17ClN4O2/c1-12-9-16(21)5-8-18(12)25-19(27)15-10-22-20(23-11-15)24-17-6-3-14(4-7-17)13(2)26/h3-11H,1-2H3,(H,25,27)(H,22,23,24). The van der Waals surface area contributed by atoms with Gasteiger partial charge >= 0.3 is 0 Å². The van der Waals surface area contributed by atoms with E-state index in [0.717, 1.165) is 11.3 Å². The monoisotopic (exact) mass is 380 g/mol. The Balaban J connectivity index is 1.67. The van der Waals surface area contributed by atoms with Crippen LogP contribution in [0.4, 0.5) is 17.3 Å². The molecule has 0 bridgehead atoms. The van der Waals surface area contributed by atoms with E-state index in [1.165, 1.54) is 19.3 Å². The highest BCUT2D eigenvalue weighted by molar-refractivity contribution is 6.30. The molecule has 6 nitrogen and oxygen atoms in total. The van der Waals surface area contributed by atoms with E-state index < -0.39 is 0 Å². The minimum Gasteiger partial charge on any atom is -0.324 e. The molecule has 1 heterocycles. The van der Waals surface area contributed by atoms with Crippen LogP contribution < -0.4 is 10.6 Å². The number of carbonyl (C=O) groups is 2. The average molecular weight is 381 g/mol. The third-order valence-corrected chi connectivity index (χ3v) is 4.13. The summed E-state index contributed by atoms with van der Waals surface area (Å²) in [6, 6.07) is 12.2. The molecule has 0 aliphatic rings. The number of amides is 1. The number of hydrogen-bond donors (Lipinski definition) is 2. The Labute approximate surface area is 161 Å². The molecule has 0 spiro atoms. The summed E-state index contributed by atoms with van der Waals surface area (Å²) >= 11 is 5.92. The van der Waals surface area contributed by atoms with Gasteiger partial charge in [0.1, 0.15) is 0 Å². The maximum absolute atomic E-state index is 12.3. The van der Waals surface area contributed by atoms with Gasteiger partial charge in [-0.2, -0.15) is 0 Å². The first-order valence-corrected chi connectivity index (χ1v) is 8.58. The zero-order valence-electron chi connectivity index (χ0n) is 14.8. The van der Waals surface area contributed by atoms with Crippen LogP contribution in [-0.2, 0) is 0 Å². The fraction of sp³-hybridized carbons (Fsp3) is 0.100. The zero-order chi connectivity index (χ0) is 19.4. The number of aryl methyl sites for hydroxylation is 1. The van der Waals surface area contributed by atoms with Crippen molar-refractivity contribution in [2.24, 2.45) is 0 Å². The molecule has 0 atom stereocenters. The van der Waals surface area contributed by atoms with Crippen LogP contribution in [0.15, 0.2) is 54.9 Å². The molecule has 2 N–H and O–H groups in total. The van der Waals surface area contributed by atoms with Crippen molar-refractivity contribution in [1.29, 1.82) is 0 Å². The smallest absolute Gasteiger partial charge is 0.258 e. The van der Waals surface area contributed by atoms with Crippen molar-refractivity contribution in [1.82, 2.24) is 9.97 Å². The predicted molar refractivity (Wildman–Crippen MR) is 106 cm³/mol. The van der Waals surface area contributed by atoms with E-state index in [0.29, 0.717) is 27.8 Å². The van der Waals surface area contributed by atoms with Gasteiger partial charge in [0.2, 0.25) is 5.95 Å². The molecule has 3 aromatic rings. The van der Waals surface area contributed by atoms with E-state index in [-0.39, 0.29) is 11.7 Å². The van der Waals surface area contributed by atoms with E-state index >= 15 is 0 Å². The van der Waals surface area contributed by atoms with Gasteiger partial charge in [0, 0.05) is 34.4 Å². The van der Waals surface area contributed by atoms with E-state index in [1.807, 2.05) is 6.92 Å². The lowest BCUT2D eigenvalue weighted by Gasteiger charge is -2.09. The Kier molecular flexibility index (Phi) is 5.47. The van der Waals surface area contributed by atoms with Gasteiger partial charge in [-0.15, -0.1) is 0 Å². The average Bonchev–Trinajstić information content (AvgIpc) is 2.65. The molecule has 0 fully saturated rings. The molecule has 0 aliphatic carbocycles. The molecule has 7 heteroatoms. The van der Waals surface area contributed by atoms with Crippen LogP contribution in [0.2, 0.25) is 5.02 Å². The summed E-state index contributed by atoms with van der Waals surface area (Å²) in [4.78, 5) is 32.0. The molecule has 0 radical (unpaired) electrons. The fourth-order valence-electron chi connectivity index (χ4n) is 2.39. The van der Waals surface area contributed by atoms with Gasteiger partial charge in [0.15, 0.2) is 5.78 Å². The summed E-state index contributed by atoms with van der Waals surface area (Å²) in [6.07, 6.45) is 2.89. The van der Waals surface area contributed by atoms with Gasteiger partial charge in [-0.1, -0.05) is 11.6 Å². The summed E-state index contributed by atoms with van der Waals surface area (Å²) in [5, 5.41) is 6.44. The number of aromatic nitrogens is 2. The molecule has 0 saturated carbocycles. The van der Waals surface area contributed by atoms with Gasteiger partial charge < -0.3 is 10.6 Å². The lowest BCUT2D eigenvalue weighted by Crippen LogP contribution is -2.13. The van der Waals surface area contributed by atoms with Crippen molar-refractivity contribution in [3.8, 4) is 0 Å². The van der Waals surface area contributed by atoms with Crippen LogP contribution in [-0.4, -0.2) is 21.7 Å². The van der Waals surface area contributed by atoms with Gasteiger partial charge in [0.25, 0.3) is 5.91 Å². The van der Waals surface area contributed by atoms with E-state index in [9.17, 15) is 9.59 Å². The summed E-state index contributed by atoms with van der Waals surface area (Å²) in [5.41, 5.74) is 3.25. The number of benzene rings is 2. The SMILES string of the molecule is CC(=O)c1ccc(Nc2ncc(C(=O)Nc3ccc(Cl)cc3C)cn2)cc1. The number of carbonyl (C=O) groups excluding carboxylic acids is 2. The van der Waals surface area contributed by atoms with Crippen molar-refractivity contribution in [3.05, 3.63) is 76.6 Å². The molecule has 2 aromatic carbocycles. The van der Waals surface area contributed by atoms with E-state index in [1.54, 1.807) is 42.5 Å². The minimum atomic E-state index is -0.308. The van der Waals surface area contributed by atoms with Crippen molar-refractivity contribution >= 4 is 40.6 Å². The Morgan fingerprint density at radius 3 is 2.22 bits per heavy atom. The normalized spacial score (nSPS) is 10.3. The van der Waals surface area contributed by atoms with Crippen molar-refractivity contribution < 1.29 is 9.59 Å². The molecule has 0 saturated heterocycles. The molecule has 3 rings (SSSR count). The number of anilines is 3. The van der Waals surface area contributed by atoms with Crippen molar-refractivity contribution in [3.63, 3.8) is 0 Å². The Hall–Kier alpha value is -3.25. The quantitative estimate of drug-likeness (QED) is 0.630. The first-order chi connectivity index (χ1) is 12.9. The summed E-state index contributed by atoms with van der Waals surface area (Å²) < 4.78 is 0. The number of halogens is 1. The maximum Gasteiger partial charge on any atom is 0.258 e. The number of ketones is 1. The summed E-state index contributed by atoms with van der Waals surface area (Å²) in [7, 11) is 0. The molecule has 1 aromatic heterocycles. The van der Waals surface area contributed by atoms with Crippen LogP contribution in [0.1, 0.15) is 33.2 Å². The highest BCUT2D eigenvalue weighted by atomic mass is 35.5. The molecular formula is C20H17ClN4O2. The van der Waals surface area contributed by atoms with Gasteiger partial charge in [-0.3, -0.25) is 9.59 Å². The number of Topliss-reactive ketones (excluding diaryl/α,β-unsaturated/α-hetero) is 1. The minimum absolute atomic E-state index is 0.00379. The Bertz CT molecular complexity index is 986. The molecular weight excluding hydrogens is 364 g/mol. The summed E-state index contributed by atoms with van der Waals surface area (Å²) in [6.45, 7) is 3.38. The second-order valence-corrected chi connectivity index (χ2v) is 6.40. The van der Waals surface area contributed by atoms with Crippen LogP contribution in [0, 0.1) is 6.92 Å². The number of nitrogens with one attached hydrogen (secondary N) is 2. The second kappa shape index (κ2) is 7.97. The highest BCUT2D eigenvalue weighted by Gasteiger charge is 2.10.